The highest BCUT2D eigenvalue weighted by molar-refractivity contribution is 7.18. The molecule has 0 N–H and O–H groups in total. The van der Waals surface area contributed by atoms with Gasteiger partial charge in [-0.05, 0) is 62.5 Å². The number of aryl methyl sites for hydroxylation is 1. The highest BCUT2D eigenvalue weighted by atomic mass is 35.5. The predicted octanol–water partition coefficient (Wildman–Crippen LogP) is 5.00. The van der Waals surface area contributed by atoms with Gasteiger partial charge in [0.15, 0.2) is 0 Å². The Hall–Kier alpha value is -1.40. The number of hydrogen-bond acceptors (Lipinski definition) is 4. The van der Waals surface area contributed by atoms with Crippen molar-refractivity contribution in [2.45, 2.75) is 39.3 Å². The topological polar surface area (TPSA) is 38.1 Å². The molecule has 0 radical (unpaired) electrons. The van der Waals surface area contributed by atoms with Crippen molar-refractivity contribution in [3.63, 3.8) is 0 Å². The van der Waals surface area contributed by atoms with Crippen LogP contribution in [0.2, 0.25) is 10.0 Å². The van der Waals surface area contributed by atoms with E-state index in [9.17, 15) is 4.79 Å². The van der Waals surface area contributed by atoms with Gasteiger partial charge in [0, 0.05) is 14.9 Å². The lowest BCUT2D eigenvalue weighted by atomic mass is 9.89. The molecule has 1 unspecified atom stereocenters. The minimum atomic E-state index is 0.0416. The lowest BCUT2D eigenvalue weighted by Gasteiger charge is -2.18. The van der Waals surface area contributed by atoms with Crippen molar-refractivity contribution in [1.82, 2.24) is 14.5 Å². The second-order valence-electron chi connectivity index (χ2n) is 7.92. The van der Waals surface area contributed by atoms with Gasteiger partial charge in [-0.2, -0.15) is 0 Å². The maximum atomic E-state index is 13.6. The summed E-state index contributed by atoms with van der Waals surface area (Å²) >= 11 is 14.1. The molecule has 7 heteroatoms. The van der Waals surface area contributed by atoms with Crippen molar-refractivity contribution in [3.05, 3.63) is 60.4 Å². The van der Waals surface area contributed by atoms with Crippen LogP contribution < -0.4 is 5.56 Å². The van der Waals surface area contributed by atoms with Crippen LogP contribution in [-0.2, 0) is 25.9 Å². The van der Waals surface area contributed by atoms with Crippen molar-refractivity contribution in [3.8, 4) is 0 Å². The van der Waals surface area contributed by atoms with Gasteiger partial charge in [-0.3, -0.25) is 9.36 Å². The van der Waals surface area contributed by atoms with Gasteiger partial charge in [-0.15, -0.1) is 11.3 Å². The lowest BCUT2D eigenvalue weighted by Crippen LogP contribution is -2.29. The first kappa shape index (κ1) is 19.9. The van der Waals surface area contributed by atoms with Gasteiger partial charge in [0.25, 0.3) is 5.56 Å². The van der Waals surface area contributed by atoms with Crippen LogP contribution in [0, 0.1) is 5.92 Å². The number of rotatable bonds is 4. The molecule has 0 saturated carbocycles. The number of aromatic nitrogens is 2. The zero-order valence-electron chi connectivity index (χ0n) is 16.3. The largest absolute Gasteiger partial charge is 0.302 e. The number of halogens is 2. The van der Waals surface area contributed by atoms with Gasteiger partial charge in [-0.25, -0.2) is 4.98 Å². The monoisotopic (exact) mass is 435 g/mol. The molecule has 0 fully saturated rings. The molecular weight excluding hydrogens is 413 g/mol. The fourth-order valence-electron chi connectivity index (χ4n) is 3.85. The molecule has 0 aliphatic heterocycles. The summed E-state index contributed by atoms with van der Waals surface area (Å²) in [5, 5.41) is 1.96. The standard InChI is InChI=1S/C21H23Cl2N3OS/c1-12-4-7-15-17(8-12)28-20-19(15)21(27)26(18(24-20)11-25(2)3)10-13-5-6-14(22)9-16(13)23/h5-6,9,12H,4,7-8,10-11H2,1-3H3. The molecule has 0 amide bonds. The van der Waals surface area contributed by atoms with Gasteiger partial charge in [0.2, 0.25) is 0 Å². The fourth-order valence-corrected chi connectivity index (χ4v) is 5.71. The molecule has 2 heterocycles. The Morgan fingerprint density at radius 2 is 2.11 bits per heavy atom. The van der Waals surface area contributed by atoms with Gasteiger partial charge in [0.1, 0.15) is 10.7 Å². The molecule has 1 aliphatic rings. The number of thiophene rings is 1. The molecule has 0 saturated heterocycles. The lowest BCUT2D eigenvalue weighted by molar-refractivity contribution is 0.379. The Kier molecular flexibility index (Phi) is 5.53. The molecule has 0 spiro atoms. The maximum Gasteiger partial charge on any atom is 0.262 e. The first-order chi connectivity index (χ1) is 13.3. The van der Waals surface area contributed by atoms with Gasteiger partial charge in [-0.1, -0.05) is 36.2 Å². The zero-order valence-corrected chi connectivity index (χ0v) is 18.6. The molecule has 4 nitrogen and oxygen atoms in total. The van der Waals surface area contributed by atoms with Crippen LogP contribution in [-0.4, -0.2) is 28.5 Å². The third-order valence-electron chi connectivity index (χ3n) is 5.30. The van der Waals surface area contributed by atoms with E-state index in [0.29, 0.717) is 29.1 Å². The van der Waals surface area contributed by atoms with Crippen LogP contribution in [0.1, 0.15) is 35.2 Å². The van der Waals surface area contributed by atoms with Crippen molar-refractivity contribution >= 4 is 44.8 Å². The van der Waals surface area contributed by atoms with Gasteiger partial charge < -0.3 is 4.90 Å². The Morgan fingerprint density at radius 1 is 1.32 bits per heavy atom. The Labute approximate surface area is 178 Å². The van der Waals surface area contributed by atoms with Crippen LogP contribution in [0.5, 0.6) is 0 Å². The minimum absolute atomic E-state index is 0.0416. The first-order valence-corrected chi connectivity index (χ1v) is 11.0. The summed E-state index contributed by atoms with van der Waals surface area (Å²) in [6.07, 6.45) is 3.13. The highest BCUT2D eigenvalue weighted by Crippen LogP contribution is 2.36. The summed E-state index contributed by atoms with van der Waals surface area (Å²) in [5.74, 6) is 1.43. The summed E-state index contributed by atoms with van der Waals surface area (Å²) in [7, 11) is 3.97. The van der Waals surface area contributed by atoms with Crippen LogP contribution in [0.25, 0.3) is 10.2 Å². The SMILES string of the molecule is CC1CCc2c(sc3nc(CN(C)C)n(Cc4ccc(Cl)cc4Cl)c(=O)c23)C1. The highest BCUT2D eigenvalue weighted by Gasteiger charge is 2.25. The average Bonchev–Trinajstić information content (AvgIpc) is 2.96. The molecule has 2 aromatic heterocycles. The Balaban J connectivity index is 1.89. The number of nitrogens with zero attached hydrogens (tertiary/aromatic N) is 3. The number of hydrogen-bond donors (Lipinski definition) is 0. The van der Waals surface area contributed by atoms with Gasteiger partial charge >= 0.3 is 0 Å². The minimum Gasteiger partial charge on any atom is -0.302 e. The van der Waals surface area contributed by atoms with E-state index in [2.05, 4.69) is 6.92 Å². The predicted molar refractivity (Wildman–Crippen MR) is 118 cm³/mol. The van der Waals surface area contributed by atoms with Crippen LogP contribution >= 0.6 is 34.5 Å². The number of fused-ring (bicyclic) bond motifs is 3. The first-order valence-electron chi connectivity index (χ1n) is 9.46. The average molecular weight is 436 g/mol. The molecular formula is C21H23Cl2N3OS. The van der Waals surface area contributed by atoms with E-state index in [1.807, 2.05) is 25.1 Å². The summed E-state index contributed by atoms with van der Waals surface area (Å²) in [5.41, 5.74) is 2.12. The summed E-state index contributed by atoms with van der Waals surface area (Å²) < 4.78 is 1.78. The van der Waals surface area contributed by atoms with Gasteiger partial charge in [0.05, 0.1) is 18.5 Å². The number of benzene rings is 1. The van der Waals surface area contributed by atoms with E-state index < -0.39 is 0 Å². The van der Waals surface area contributed by atoms with Crippen LogP contribution in [0.15, 0.2) is 23.0 Å². The quantitative estimate of drug-likeness (QED) is 0.578. The third-order valence-corrected chi connectivity index (χ3v) is 7.03. The van der Waals surface area contributed by atoms with E-state index in [0.717, 1.165) is 40.9 Å². The van der Waals surface area contributed by atoms with E-state index in [1.165, 1.54) is 10.4 Å². The van der Waals surface area contributed by atoms with Crippen LogP contribution in [0.3, 0.4) is 0 Å². The van der Waals surface area contributed by atoms with Crippen LogP contribution in [0.4, 0.5) is 0 Å². The molecule has 4 rings (SSSR count). The van der Waals surface area contributed by atoms with E-state index >= 15 is 0 Å². The maximum absolute atomic E-state index is 13.6. The molecule has 28 heavy (non-hydrogen) atoms. The smallest absolute Gasteiger partial charge is 0.262 e. The van der Waals surface area contributed by atoms with E-state index in [4.69, 9.17) is 28.2 Å². The van der Waals surface area contributed by atoms with Crippen molar-refractivity contribution in [1.29, 1.82) is 0 Å². The van der Waals surface area contributed by atoms with Crippen molar-refractivity contribution in [2.24, 2.45) is 5.92 Å². The molecule has 1 atom stereocenters. The summed E-state index contributed by atoms with van der Waals surface area (Å²) in [6.45, 7) is 3.26. The van der Waals surface area contributed by atoms with E-state index in [-0.39, 0.29) is 5.56 Å². The third kappa shape index (κ3) is 3.73. The van der Waals surface area contributed by atoms with Crippen molar-refractivity contribution < 1.29 is 0 Å². The molecule has 0 bridgehead atoms. The molecule has 1 aromatic carbocycles. The molecule has 3 aromatic rings. The Bertz CT molecular complexity index is 1100. The second-order valence-corrected chi connectivity index (χ2v) is 9.85. The second kappa shape index (κ2) is 7.79. The fraction of sp³-hybridized carbons (Fsp3) is 0.429. The summed E-state index contributed by atoms with van der Waals surface area (Å²) in [4.78, 5) is 22.7. The molecule has 1 aliphatic carbocycles. The zero-order chi connectivity index (χ0) is 20.0. The normalized spacial score (nSPS) is 16.7. The Morgan fingerprint density at radius 3 is 2.82 bits per heavy atom. The van der Waals surface area contributed by atoms with Crippen molar-refractivity contribution in [2.75, 3.05) is 14.1 Å². The summed E-state index contributed by atoms with van der Waals surface area (Å²) in [6, 6.07) is 5.40. The molecule has 148 valence electrons. The van der Waals surface area contributed by atoms with E-state index in [1.54, 1.807) is 28.0 Å².